The summed E-state index contributed by atoms with van der Waals surface area (Å²) in [4.78, 5) is 20.7. The highest BCUT2D eigenvalue weighted by Gasteiger charge is 2.50. The number of amides is 1. The molecule has 0 saturated carbocycles. The van der Waals surface area contributed by atoms with Crippen molar-refractivity contribution in [2.45, 2.75) is 5.54 Å². The second-order valence-corrected chi connectivity index (χ2v) is 6.52. The molecule has 140 valence electrons. The molecule has 2 atom stereocenters. The molecule has 1 fully saturated rings. The zero-order valence-electron chi connectivity index (χ0n) is 14.3. The van der Waals surface area contributed by atoms with Gasteiger partial charge in [-0.15, -0.1) is 0 Å². The Balaban J connectivity index is 1.67. The molecule has 0 spiro atoms. The number of fused-ring (bicyclic) bond motifs is 1. The van der Waals surface area contributed by atoms with E-state index in [-0.39, 0.29) is 24.2 Å². The summed E-state index contributed by atoms with van der Waals surface area (Å²) in [5.74, 6) is -1.05. The molecule has 1 aromatic heterocycles. The van der Waals surface area contributed by atoms with E-state index >= 15 is 0 Å². The standard InChI is InChI=1S/C18H18FN5O3/c19-14-3-2-12(23-16(25)15-4-1-11(20)6-22-15)5-13(14)18-9-26-7-10(18)8-27-17(21)24-18/h1-6,10H,7-9,20H2,(H2,21,24)(H,23,25). The van der Waals surface area contributed by atoms with E-state index in [1.165, 1.54) is 24.4 Å². The number of amidine groups is 1. The third-order valence-corrected chi connectivity index (χ3v) is 4.77. The van der Waals surface area contributed by atoms with Crippen LogP contribution in [-0.2, 0) is 15.0 Å². The summed E-state index contributed by atoms with van der Waals surface area (Å²) >= 11 is 0. The van der Waals surface area contributed by atoms with Crippen LogP contribution in [0.1, 0.15) is 16.1 Å². The minimum Gasteiger partial charge on any atom is -0.465 e. The van der Waals surface area contributed by atoms with Crippen LogP contribution in [0, 0.1) is 11.7 Å². The van der Waals surface area contributed by atoms with Gasteiger partial charge in [0.1, 0.15) is 17.1 Å². The molecule has 3 heterocycles. The maximum atomic E-state index is 14.7. The highest BCUT2D eigenvalue weighted by Crippen LogP contribution is 2.43. The Hall–Kier alpha value is -3.20. The Labute approximate surface area is 154 Å². The number of benzene rings is 1. The maximum Gasteiger partial charge on any atom is 0.282 e. The van der Waals surface area contributed by atoms with Gasteiger partial charge in [-0.05, 0) is 30.3 Å². The maximum absolute atomic E-state index is 14.7. The highest BCUT2D eigenvalue weighted by atomic mass is 19.1. The van der Waals surface area contributed by atoms with Gasteiger partial charge in [0.2, 0.25) is 0 Å². The van der Waals surface area contributed by atoms with Crippen LogP contribution in [-0.4, -0.2) is 36.7 Å². The summed E-state index contributed by atoms with van der Waals surface area (Å²) in [6.07, 6.45) is 1.39. The monoisotopic (exact) mass is 371 g/mol. The summed E-state index contributed by atoms with van der Waals surface area (Å²) < 4.78 is 25.5. The van der Waals surface area contributed by atoms with Gasteiger partial charge in [0.15, 0.2) is 0 Å². The summed E-state index contributed by atoms with van der Waals surface area (Å²) in [7, 11) is 0. The summed E-state index contributed by atoms with van der Waals surface area (Å²) in [5.41, 5.74) is 11.7. The van der Waals surface area contributed by atoms with Crippen molar-refractivity contribution >= 4 is 23.3 Å². The van der Waals surface area contributed by atoms with Crippen LogP contribution in [0.2, 0.25) is 0 Å². The molecule has 0 aliphatic carbocycles. The van der Waals surface area contributed by atoms with E-state index < -0.39 is 17.3 Å². The first-order valence-electron chi connectivity index (χ1n) is 8.37. The number of pyridine rings is 1. The Kier molecular flexibility index (Phi) is 4.15. The quantitative estimate of drug-likeness (QED) is 0.746. The number of carbonyl (C=O) groups excluding carboxylic acids is 1. The molecule has 2 unspecified atom stereocenters. The largest absolute Gasteiger partial charge is 0.465 e. The minimum absolute atomic E-state index is 0.00309. The highest BCUT2D eigenvalue weighted by molar-refractivity contribution is 6.03. The van der Waals surface area contributed by atoms with Crippen LogP contribution >= 0.6 is 0 Å². The third kappa shape index (κ3) is 3.06. The van der Waals surface area contributed by atoms with Crippen molar-refractivity contribution in [3.63, 3.8) is 0 Å². The van der Waals surface area contributed by atoms with Gasteiger partial charge in [-0.3, -0.25) is 4.79 Å². The zero-order valence-corrected chi connectivity index (χ0v) is 14.3. The number of carbonyl (C=O) groups is 1. The molecule has 1 aromatic carbocycles. The number of nitrogens with one attached hydrogen (secondary N) is 1. The van der Waals surface area contributed by atoms with Crippen molar-refractivity contribution in [1.82, 2.24) is 4.98 Å². The molecule has 0 radical (unpaired) electrons. The minimum atomic E-state index is -0.966. The van der Waals surface area contributed by atoms with Gasteiger partial charge in [0, 0.05) is 17.2 Å². The van der Waals surface area contributed by atoms with Crippen molar-refractivity contribution in [2.24, 2.45) is 16.6 Å². The summed E-state index contributed by atoms with van der Waals surface area (Å²) in [6.45, 7) is 0.873. The van der Waals surface area contributed by atoms with Crippen LogP contribution in [0.5, 0.6) is 0 Å². The van der Waals surface area contributed by atoms with Crippen molar-refractivity contribution in [2.75, 3.05) is 30.9 Å². The number of aromatic nitrogens is 1. The fourth-order valence-electron chi connectivity index (χ4n) is 3.36. The average molecular weight is 371 g/mol. The van der Waals surface area contributed by atoms with Crippen LogP contribution in [0.4, 0.5) is 15.8 Å². The van der Waals surface area contributed by atoms with Gasteiger partial charge in [0.25, 0.3) is 11.9 Å². The van der Waals surface area contributed by atoms with E-state index in [4.69, 9.17) is 20.9 Å². The molecule has 4 rings (SSSR count). The summed E-state index contributed by atoms with van der Waals surface area (Å²) in [5, 5.41) is 2.71. The molecule has 27 heavy (non-hydrogen) atoms. The molecule has 0 bridgehead atoms. The first-order chi connectivity index (χ1) is 13.0. The predicted octanol–water partition coefficient (Wildman–Crippen LogP) is 1.24. The lowest BCUT2D eigenvalue weighted by atomic mass is 9.80. The molecule has 2 aliphatic rings. The number of ether oxygens (including phenoxy) is 2. The van der Waals surface area contributed by atoms with Crippen LogP contribution in [0.15, 0.2) is 41.5 Å². The van der Waals surface area contributed by atoms with E-state index in [1.54, 1.807) is 12.1 Å². The number of rotatable bonds is 3. The van der Waals surface area contributed by atoms with Crippen molar-refractivity contribution in [1.29, 1.82) is 0 Å². The van der Waals surface area contributed by atoms with Gasteiger partial charge < -0.3 is 26.3 Å². The van der Waals surface area contributed by atoms with Gasteiger partial charge in [-0.1, -0.05) is 0 Å². The van der Waals surface area contributed by atoms with E-state index in [0.717, 1.165) is 0 Å². The first kappa shape index (κ1) is 17.2. The van der Waals surface area contributed by atoms with Gasteiger partial charge in [-0.2, -0.15) is 0 Å². The lowest BCUT2D eigenvalue weighted by Gasteiger charge is -2.34. The number of halogens is 1. The molecular weight excluding hydrogens is 353 g/mol. The Bertz CT molecular complexity index is 918. The molecule has 1 saturated heterocycles. The zero-order chi connectivity index (χ0) is 19.0. The molecule has 9 heteroatoms. The molecule has 5 N–H and O–H groups in total. The summed E-state index contributed by atoms with van der Waals surface area (Å²) in [6, 6.07) is 7.40. The third-order valence-electron chi connectivity index (χ3n) is 4.77. The van der Waals surface area contributed by atoms with Crippen molar-refractivity contribution < 1.29 is 18.7 Å². The molecular formula is C18H18FN5O3. The Morgan fingerprint density at radius 2 is 2.11 bits per heavy atom. The van der Waals surface area contributed by atoms with Crippen molar-refractivity contribution in [3.05, 3.63) is 53.6 Å². The molecule has 8 nitrogen and oxygen atoms in total. The predicted molar refractivity (Wildman–Crippen MR) is 96.6 cm³/mol. The Morgan fingerprint density at radius 3 is 2.89 bits per heavy atom. The van der Waals surface area contributed by atoms with E-state index in [1.807, 2.05) is 0 Å². The second kappa shape index (κ2) is 6.51. The fourth-order valence-corrected chi connectivity index (χ4v) is 3.36. The van der Waals surface area contributed by atoms with Gasteiger partial charge in [0.05, 0.1) is 31.7 Å². The lowest BCUT2D eigenvalue weighted by Crippen LogP contribution is -2.43. The molecule has 1 amide bonds. The number of hydrogen-bond donors (Lipinski definition) is 3. The SMILES string of the molecule is NC1=NC2(c3cc(NC(=O)c4ccc(N)cn4)ccc3F)COCC2CO1. The number of nitrogen functional groups attached to an aromatic ring is 1. The lowest BCUT2D eigenvalue weighted by molar-refractivity contribution is 0.102. The first-order valence-corrected chi connectivity index (χ1v) is 8.37. The van der Waals surface area contributed by atoms with E-state index in [2.05, 4.69) is 15.3 Å². The number of aliphatic imine (C=N–C) groups is 1. The van der Waals surface area contributed by atoms with Crippen molar-refractivity contribution in [3.8, 4) is 0 Å². The number of hydrogen-bond acceptors (Lipinski definition) is 7. The number of nitrogens with zero attached hydrogens (tertiary/aromatic N) is 2. The second-order valence-electron chi connectivity index (χ2n) is 6.52. The number of nitrogens with two attached hydrogens (primary N) is 2. The van der Waals surface area contributed by atoms with Gasteiger partial charge >= 0.3 is 0 Å². The van der Waals surface area contributed by atoms with E-state index in [0.29, 0.717) is 30.2 Å². The average Bonchev–Trinajstić information content (AvgIpc) is 3.07. The van der Waals surface area contributed by atoms with Crippen LogP contribution in [0.25, 0.3) is 0 Å². The number of anilines is 2. The molecule has 2 aromatic rings. The normalized spacial score (nSPS) is 23.9. The fraction of sp³-hybridized carbons (Fsp3) is 0.278. The van der Waals surface area contributed by atoms with E-state index in [9.17, 15) is 9.18 Å². The topological polar surface area (TPSA) is 125 Å². The smallest absolute Gasteiger partial charge is 0.282 e. The Morgan fingerprint density at radius 1 is 1.26 bits per heavy atom. The van der Waals surface area contributed by atoms with Crippen LogP contribution < -0.4 is 16.8 Å². The van der Waals surface area contributed by atoms with Gasteiger partial charge in [-0.25, -0.2) is 14.4 Å². The van der Waals surface area contributed by atoms with Crippen LogP contribution in [0.3, 0.4) is 0 Å². The molecule has 2 aliphatic heterocycles.